The van der Waals surface area contributed by atoms with Crippen molar-refractivity contribution < 1.29 is 9.53 Å². The summed E-state index contributed by atoms with van der Waals surface area (Å²) in [7, 11) is 1.61. The molecule has 0 aliphatic heterocycles. The van der Waals surface area contributed by atoms with Crippen LogP contribution in [0.5, 0.6) is 0 Å². The fourth-order valence-corrected chi connectivity index (χ4v) is 3.45. The van der Waals surface area contributed by atoms with Crippen molar-refractivity contribution in [3.05, 3.63) is 59.6 Å². The van der Waals surface area contributed by atoms with Crippen molar-refractivity contribution in [1.82, 2.24) is 15.3 Å². The standard InChI is InChI=1S/C20H20ClN3O2S/c1-26-12-11-22-17(25)13-27-20-18(14-7-9-16(21)10-8-14)23-19(24-20)15-5-3-2-4-6-15/h2-10H,11-13H2,1H3,(H,22,25)(H,23,24). The molecule has 0 fully saturated rings. The summed E-state index contributed by atoms with van der Waals surface area (Å²) in [5.74, 6) is 0.995. The maximum absolute atomic E-state index is 12.0. The number of amides is 1. The Kier molecular flexibility index (Phi) is 6.92. The molecule has 0 spiro atoms. The number of aromatic nitrogens is 2. The van der Waals surface area contributed by atoms with Crippen molar-refractivity contribution in [2.45, 2.75) is 5.03 Å². The lowest BCUT2D eigenvalue weighted by molar-refractivity contribution is -0.118. The van der Waals surface area contributed by atoms with Crippen LogP contribution >= 0.6 is 23.4 Å². The average molecular weight is 402 g/mol. The van der Waals surface area contributed by atoms with E-state index in [4.69, 9.17) is 21.3 Å². The molecule has 1 amide bonds. The molecule has 0 saturated carbocycles. The fraction of sp³-hybridized carbons (Fsp3) is 0.200. The van der Waals surface area contributed by atoms with Crippen molar-refractivity contribution >= 4 is 29.3 Å². The minimum atomic E-state index is -0.0524. The maximum Gasteiger partial charge on any atom is 0.230 e. The Morgan fingerprint density at radius 1 is 1.15 bits per heavy atom. The van der Waals surface area contributed by atoms with Crippen molar-refractivity contribution in [3.8, 4) is 22.6 Å². The van der Waals surface area contributed by atoms with Crippen LogP contribution in [0, 0.1) is 0 Å². The molecule has 140 valence electrons. The normalized spacial score (nSPS) is 10.7. The topological polar surface area (TPSA) is 67.0 Å². The van der Waals surface area contributed by atoms with Crippen molar-refractivity contribution in [3.63, 3.8) is 0 Å². The summed E-state index contributed by atoms with van der Waals surface area (Å²) >= 11 is 7.41. The molecule has 3 rings (SSSR count). The number of carbonyl (C=O) groups is 1. The van der Waals surface area contributed by atoms with Crippen LogP contribution in [0.15, 0.2) is 59.6 Å². The van der Waals surface area contributed by atoms with E-state index in [-0.39, 0.29) is 11.7 Å². The van der Waals surface area contributed by atoms with Gasteiger partial charge in [0.1, 0.15) is 10.9 Å². The van der Waals surface area contributed by atoms with Gasteiger partial charge in [-0.25, -0.2) is 4.98 Å². The summed E-state index contributed by atoms with van der Waals surface area (Å²) in [5.41, 5.74) is 2.83. The monoisotopic (exact) mass is 401 g/mol. The third-order valence-corrected chi connectivity index (χ3v) is 5.05. The molecule has 1 heterocycles. The molecular formula is C20H20ClN3O2S. The number of methoxy groups -OCH3 is 1. The van der Waals surface area contributed by atoms with Gasteiger partial charge in [0, 0.05) is 29.8 Å². The summed E-state index contributed by atoms with van der Waals surface area (Å²) in [6.45, 7) is 0.989. The number of H-pyrrole nitrogens is 1. The first-order chi connectivity index (χ1) is 13.2. The van der Waals surface area contributed by atoms with Gasteiger partial charge < -0.3 is 15.0 Å². The third-order valence-electron chi connectivity index (χ3n) is 3.82. The van der Waals surface area contributed by atoms with E-state index in [0.717, 1.165) is 27.7 Å². The Morgan fingerprint density at radius 2 is 1.89 bits per heavy atom. The molecular weight excluding hydrogens is 382 g/mol. The number of nitrogens with one attached hydrogen (secondary N) is 2. The quantitative estimate of drug-likeness (QED) is 0.437. The summed E-state index contributed by atoms with van der Waals surface area (Å²) in [6.07, 6.45) is 0. The number of aromatic amines is 1. The number of carbonyl (C=O) groups excluding carboxylic acids is 1. The van der Waals surface area contributed by atoms with Crippen LogP contribution < -0.4 is 5.32 Å². The molecule has 0 bridgehead atoms. The van der Waals surface area contributed by atoms with Gasteiger partial charge in [0.25, 0.3) is 0 Å². The number of nitrogens with zero attached hydrogens (tertiary/aromatic N) is 1. The van der Waals surface area contributed by atoms with Crippen molar-refractivity contribution in [1.29, 1.82) is 0 Å². The number of hydrogen-bond acceptors (Lipinski definition) is 4. The molecule has 0 aliphatic carbocycles. The molecule has 3 aromatic rings. The van der Waals surface area contributed by atoms with Gasteiger partial charge in [-0.05, 0) is 12.1 Å². The van der Waals surface area contributed by atoms with E-state index >= 15 is 0 Å². The highest BCUT2D eigenvalue weighted by Gasteiger charge is 2.15. The molecule has 0 unspecified atom stereocenters. The summed E-state index contributed by atoms with van der Waals surface area (Å²) in [4.78, 5) is 20.1. The number of rotatable bonds is 8. The smallest absolute Gasteiger partial charge is 0.230 e. The van der Waals surface area contributed by atoms with E-state index in [1.165, 1.54) is 11.8 Å². The number of halogens is 1. The lowest BCUT2D eigenvalue weighted by atomic mass is 10.2. The Balaban J connectivity index is 1.83. The van der Waals surface area contributed by atoms with Gasteiger partial charge in [0.2, 0.25) is 5.91 Å². The summed E-state index contributed by atoms with van der Waals surface area (Å²) in [5, 5.41) is 4.27. The number of imidazole rings is 1. The largest absolute Gasteiger partial charge is 0.383 e. The molecule has 0 atom stereocenters. The Hall–Kier alpha value is -2.28. The van der Waals surface area contributed by atoms with Crippen molar-refractivity contribution in [2.24, 2.45) is 0 Å². The van der Waals surface area contributed by atoms with Crippen molar-refractivity contribution in [2.75, 3.05) is 26.0 Å². The van der Waals surface area contributed by atoms with Crippen LogP contribution in [0.2, 0.25) is 5.02 Å². The van der Waals surface area contributed by atoms with Crippen LogP contribution in [0.1, 0.15) is 0 Å². The zero-order valence-corrected chi connectivity index (χ0v) is 16.4. The highest BCUT2D eigenvalue weighted by atomic mass is 35.5. The number of hydrogen-bond donors (Lipinski definition) is 2. The minimum absolute atomic E-state index is 0.0524. The predicted octanol–water partition coefficient (Wildman–Crippen LogP) is 4.25. The van der Waals surface area contributed by atoms with E-state index in [1.807, 2.05) is 54.6 Å². The Labute approximate surface area is 167 Å². The molecule has 0 saturated heterocycles. The second-order valence-corrected chi connectivity index (χ2v) is 7.17. The molecule has 7 heteroatoms. The SMILES string of the molecule is COCCNC(=O)CSc1nc(-c2ccccc2)[nH]c1-c1ccc(Cl)cc1. The Morgan fingerprint density at radius 3 is 2.59 bits per heavy atom. The predicted molar refractivity (Wildman–Crippen MR) is 110 cm³/mol. The van der Waals surface area contributed by atoms with E-state index in [0.29, 0.717) is 18.2 Å². The second-order valence-electron chi connectivity index (χ2n) is 5.77. The molecule has 2 N–H and O–H groups in total. The van der Waals surface area contributed by atoms with Gasteiger partial charge in [-0.3, -0.25) is 4.79 Å². The van der Waals surface area contributed by atoms with Crippen LogP contribution in [0.4, 0.5) is 0 Å². The van der Waals surface area contributed by atoms with Gasteiger partial charge in [-0.2, -0.15) is 0 Å². The van der Waals surface area contributed by atoms with Gasteiger partial charge in [0.05, 0.1) is 18.1 Å². The number of thioether (sulfide) groups is 1. The minimum Gasteiger partial charge on any atom is -0.383 e. The summed E-state index contributed by atoms with van der Waals surface area (Å²) < 4.78 is 4.94. The van der Waals surface area contributed by atoms with Crippen LogP contribution in [0.3, 0.4) is 0 Å². The van der Waals surface area contributed by atoms with E-state index in [2.05, 4.69) is 10.3 Å². The number of benzene rings is 2. The Bertz CT molecular complexity index is 882. The molecule has 0 aliphatic rings. The molecule has 27 heavy (non-hydrogen) atoms. The van der Waals surface area contributed by atoms with Gasteiger partial charge in [0.15, 0.2) is 0 Å². The van der Waals surface area contributed by atoms with Gasteiger partial charge >= 0.3 is 0 Å². The van der Waals surface area contributed by atoms with E-state index < -0.39 is 0 Å². The zero-order valence-electron chi connectivity index (χ0n) is 14.9. The maximum atomic E-state index is 12.0. The molecule has 2 aromatic carbocycles. The summed E-state index contributed by atoms with van der Waals surface area (Å²) in [6, 6.07) is 17.4. The van der Waals surface area contributed by atoms with Gasteiger partial charge in [-0.15, -0.1) is 0 Å². The highest BCUT2D eigenvalue weighted by Crippen LogP contribution is 2.32. The third kappa shape index (κ3) is 5.35. The average Bonchev–Trinajstić information content (AvgIpc) is 3.12. The van der Waals surface area contributed by atoms with E-state index in [1.54, 1.807) is 7.11 Å². The second kappa shape index (κ2) is 9.60. The lowest BCUT2D eigenvalue weighted by Gasteiger charge is -2.05. The first-order valence-corrected chi connectivity index (χ1v) is 9.83. The highest BCUT2D eigenvalue weighted by molar-refractivity contribution is 8.00. The van der Waals surface area contributed by atoms with Crippen LogP contribution in [0.25, 0.3) is 22.6 Å². The molecule has 5 nitrogen and oxygen atoms in total. The number of ether oxygens (including phenoxy) is 1. The van der Waals surface area contributed by atoms with Gasteiger partial charge in [-0.1, -0.05) is 65.8 Å². The fourth-order valence-electron chi connectivity index (χ4n) is 2.48. The zero-order chi connectivity index (χ0) is 19.1. The van der Waals surface area contributed by atoms with Crippen LogP contribution in [-0.4, -0.2) is 41.9 Å². The van der Waals surface area contributed by atoms with Crippen LogP contribution in [-0.2, 0) is 9.53 Å². The molecule has 0 radical (unpaired) electrons. The molecule has 1 aromatic heterocycles. The first-order valence-electron chi connectivity index (χ1n) is 8.47. The van der Waals surface area contributed by atoms with E-state index in [9.17, 15) is 4.79 Å². The lowest BCUT2D eigenvalue weighted by Crippen LogP contribution is -2.28. The first kappa shape index (κ1) is 19.5.